The molecule has 5 nitrogen and oxygen atoms in total. The molecule has 0 unspecified atom stereocenters. The van der Waals surface area contributed by atoms with E-state index >= 15 is 0 Å². The Labute approximate surface area is 150 Å². The lowest BCUT2D eigenvalue weighted by Crippen LogP contribution is -2.22. The Bertz CT molecular complexity index is 790. The van der Waals surface area contributed by atoms with Gasteiger partial charge in [0.15, 0.2) is 0 Å². The first-order chi connectivity index (χ1) is 11.6. The van der Waals surface area contributed by atoms with Crippen LogP contribution in [0.4, 0.5) is 11.4 Å². The molecule has 0 atom stereocenters. The van der Waals surface area contributed by atoms with Crippen LogP contribution in [-0.2, 0) is 22.2 Å². The fourth-order valence-electron chi connectivity index (χ4n) is 2.17. The van der Waals surface area contributed by atoms with Gasteiger partial charge in [-0.1, -0.05) is 24.3 Å². The van der Waals surface area contributed by atoms with E-state index in [-0.39, 0.29) is 0 Å². The highest BCUT2D eigenvalue weighted by molar-refractivity contribution is 7.93. The molecule has 3 N–H and O–H groups in total. The summed E-state index contributed by atoms with van der Waals surface area (Å²) in [5.74, 6) is 0. The minimum Gasteiger partial charge on any atom is -0.386 e. The predicted octanol–water partition coefficient (Wildman–Crippen LogP) is 3.68. The van der Waals surface area contributed by atoms with Crippen LogP contribution in [0.25, 0.3) is 0 Å². The van der Waals surface area contributed by atoms with Crippen LogP contribution in [0.5, 0.6) is 0 Å². The second kappa shape index (κ2) is 7.45. The molecular formula is C19H26N2O3S. The number of anilines is 2. The van der Waals surface area contributed by atoms with E-state index in [9.17, 15) is 13.5 Å². The maximum Gasteiger partial charge on any atom is 0.235 e. The van der Waals surface area contributed by atoms with Gasteiger partial charge in [0.2, 0.25) is 10.0 Å². The summed E-state index contributed by atoms with van der Waals surface area (Å²) in [6.45, 7) is 7.42. The van der Waals surface area contributed by atoms with Gasteiger partial charge in [-0.2, -0.15) is 0 Å². The summed E-state index contributed by atoms with van der Waals surface area (Å²) in [5, 5.41) is 12.8. The third kappa shape index (κ3) is 5.47. The third-order valence-electron chi connectivity index (χ3n) is 3.92. The number of hydrogen-bond acceptors (Lipinski definition) is 4. The lowest BCUT2D eigenvalue weighted by atomic mass is 9.98. The molecule has 0 saturated heterocycles. The van der Waals surface area contributed by atoms with Crippen molar-refractivity contribution in [1.29, 1.82) is 0 Å². The Hall–Kier alpha value is -2.05. The molecule has 0 amide bonds. The van der Waals surface area contributed by atoms with E-state index < -0.39 is 20.9 Å². The smallest absolute Gasteiger partial charge is 0.235 e. The molecule has 2 aromatic rings. The number of rotatable bonds is 7. The normalized spacial score (nSPS) is 12.2. The van der Waals surface area contributed by atoms with Crippen molar-refractivity contribution in [3.63, 3.8) is 0 Å². The average Bonchev–Trinajstić information content (AvgIpc) is 2.53. The number of aliphatic hydroxyl groups is 1. The Morgan fingerprint density at radius 3 is 1.96 bits per heavy atom. The van der Waals surface area contributed by atoms with Crippen molar-refractivity contribution < 1.29 is 13.5 Å². The number of hydrogen-bond donors (Lipinski definition) is 3. The molecule has 6 heteroatoms. The predicted molar refractivity (Wildman–Crippen MR) is 103 cm³/mol. The van der Waals surface area contributed by atoms with Crippen LogP contribution < -0.4 is 10.0 Å². The second-order valence-corrected chi connectivity index (χ2v) is 9.12. The molecule has 136 valence electrons. The molecule has 0 spiro atoms. The molecule has 0 heterocycles. The van der Waals surface area contributed by atoms with Crippen molar-refractivity contribution in [1.82, 2.24) is 0 Å². The van der Waals surface area contributed by atoms with Gasteiger partial charge in [0, 0.05) is 17.9 Å². The van der Waals surface area contributed by atoms with E-state index in [4.69, 9.17) is 0 Å². The van der Waals surface area contributed by atoms with E-state index in [0.717, 1.165) is 16.8 Å². The molecule has 25 heavy (non-hydrogen) atoms. The molecule has 0 aromatic heterocycles. The molecular weight excluding hydrogens is 336 g/mol. The van der Waals surface area contributed by atoms with Gasteiger partial charge in [-0.15, -0.1) is 0 Å². The summed E-state index contributed by atoms with van der Waals surface area (Å²) in [6, 6.07) is 14.9. The maximum absolute atomic E-state index is 11.9. The zero-order valence-electron chi connectivity index (χ0n) is 15.1. The fraction of sp³-hybridized carbons (Fsp3) is 0.368. The molecule has 0 bridgehead atoms. The topological polar surface area (TPSA) is 78.4 Å². The van der Waals surface area contributed by atoms with Crippen LogP contribution in [0.3, 0.4) is 0 Å². The van der Waals surface area contributed by atoms with Gasteiger partial charge in [-0.05, 0) is 63.1 Å². The first-order valence-electron chi connectivity index (χ1n) is 8.25. The zero-order valence-corrected chi connectivity index (χ0v) is 15.9. The van der Waals surface area contributed by atoms with Crippen LogP contribution in [-0.4, -0.2) is 18.8 Å². The van der Waals surface area contributed by atoms with Crippen molar-refractivity contribution in [3.8, 4) is 0 Å². The number of benzene rings is 2. The van der Waals surface area contributed by atoms with Crippen molar-refractivity contribution in [2.24, 2.45) is 0 Å². The summed E-state index contributed by atoms with van der Waals surface area (Å²) in [4.78, 5) is 0. The van der Waals surface area contributed by atoms with E-state index in [1.165, 1.54) is 0 Å². The summed E-state index contributed by atoms with van der Waals surface area (Å²) < 4.78 is 26.3. The van der Waals surface area contributed by atoms with Gasteiger partial charge >= 0.3 is 0 Å². The minimum atomic E-state index is -3.32. The molecule has 2 aromatic carbocycles. The molecule has 2 rings (SSSR count). The largest absolute Gasteiger partial charge is 0.386 e. The van der Waals surface area contributed by atoms with Crippen molar-refractivity contribution >= 4 is 21.4 Å². The quantitative estimate of drug-likeness (QED) is 0.702. The molecule has 0 aliphatic rings. The summed E-state index contributed by atoms with van der Waals surface area (Å²) in [7, 11) is -3.32. The first-order valence-corrected chi connectivity index (χ1v) is 9.80. The number of nitrogens with one attached hydrogen (secondary N) is 2. The lowest BCUT2D eigenvalue weighted by molar-refractivity contribution is 0.0786. The van der Waals surface area contributed by atoms with E-state index in [1.54, 1.807) is 39.8 Å². The van der Waals surface area contributed by atoms with Gasteiger partial charge < -0.3 is 10.4 Å². The van der Waals surface area contributed by atoms with Crippen LogP contribution in [0.15, 0.2) is 48.5 Å². The SMILES string of the molecule is CC(C)S(=O)(=O)Nc1ccc(CNc2ccc(C(C)(C)O)cc2)cc1. The summed E-state index contributed by atoms with van der Waals surface area (Å²) in [5.41, 5.74) is 2.57. The Balaban J connectivity index is 1.96. The van der Waals surface area contributed by atoms with Crippen LogP contribution >= 0.6 is 0 Å². The molecule has 0 fully saturated rings. The monoisotopic (exact) mass is 362 g/mol. The summed E-state index contributed by atoms with van der Waals surface area (Å²) >= 11 is 0. The van der Waals surface area contributed by atoms with E-state index in [0.29, 0.717) is 12.2 Å². The highest BCUT2D eigenvalue weighted by Crippen LogP contribution is 2.21. The van der Waals surface area contributed by atoms with Crippen molar-refractivity contribution in [2.75, 3.05) is 10.0 Å². The molecule has 0 aliphatic heterocycles. The highest BCUT2D eigenvalue weighted by atomic mass is 32.2. The molecule has 0 saturated carbocycles. The molecule has 0 aliphatic carbocycles. The van der Waals surface area contributed by atoms with Crippen molar-refractivity contribution in [2.45, 2.75) is 45.1 Å². The van der Waals surface area contributed by atoms with Crippen LogP contribution in [0.2, 0.25) is 0 Å². The third-order valence-corrected chi connectivity index (χ3v) is 5.68. The van der Waals surface area contributed by atoms with Gasteiger partial charge in [0.05, 0.1) is 10.9 Å². The Kier molecular flexibility index (Phi) is 5.75. The Morgan fingerprint density at radius 2 is 1.48 bits per heavy atom. The Morgan fingerprint density at radius 1 is 0.960 bits per heavy atom. The van der Waals surface area contributed by atoms with Gasteiger partial charge in [-0.25, -0.2) is 8.42 Å². The minimum absolute atomic E-state index is 0.472. The average molecular weight is 362 g/mol. The van der Waals surface area contributed by atoms with E-state index in [1.807, 2.05) is 36.4 Å². The van der Waals surface area contributed by atoms with Gasteiger partial charge in [-0.3, -0.25) is 4.72 Å². The zero-order chi connectivity index (χ0) is 18.7. The highest BCUT2D eigenvalue weighted by Gasteiger charge is 2.16. The lowest BCUT2D eigenvalue weighted by Gasteiger charge is -2.18. The fourth-order valence-corrected chi connectivity index (χ4v) is 2.87. The standard InChI is InChI=1S/C19H26N2O3S/c1-14(2)25(23,24)21-18-9-5-15(6-10-18)13-20-17-11-7-16(8-12-17)19(3,4)22/h5-12,14,20-22H,13H2,1-4H3. The van der Waals surface area contributed by atoms with Crippen LogP contribution in [0.1, 0.15) is 38.8 Å². The van der Waals surface area contributed by atoms with Gasteiger partial charge in [0.1, 0.15) is 0 Å². The van der Waals surface area contributed by atoms with Crippen molar-refractivity contribution in [3.05, 3.63) is 59.7 Å². The molecule has 0 radical (unpaired) electrons. The van der Waals surface area contributed by atoms with Crippen LogP contribution in [0, 0.1) is 0 Å². The van der Waals surface area contributed by atoms with E-state index in [2.05, 4.69) is 10.0 Å². The van der Waals surface area contributed by atoms with Gasteiger partial charge in [0.25, 0.3) is 0 Å². The first kappa shape index (κ1) is 19.3. The second-order valence-electron chi connectivity index (χ2n) is 6.88. The number of sulfonamides is 1. The summed E-state index contributed by atoms with van der Waals surface area (Å²) in [6.07, 6.45) is 0. The maximum atomic E-state index is 11.9.